The van der Waals surface area contributed by atoms with Crippen LogP contribution in [-0.2, 0) is 13.5 Å². The molecular weight excluding hydrogens is 268 g/mol. The van der Waals surface area contributed by atoms with Gasteiger partial charge in [0.25, 0.3) is 0 Å². The Labute approximate surface area is 123 Å². The predicted octanol–water partition coefficient (Wildman–Crippen LogP) is 1.31. The minimum atomic E-state index is -0.140. The summed E-state index contributed by atoms with van der Waals surface area (Å²) in [4.78, 5) is 0. The number of aromatic nitrogens is 2. The van der Waals surface area contributed by atoms with Gasteiger partial charge in [0.15, 0.2) is 11.5 Å². The first-order chi connectivity index (χ1) is 10.2. The van der Waals surface area contributed by atoms with Gasteiger partial charge in [0, 0.05) is 7.05 Å². The fourth-order valence-corrected chi connectivity index (χ4v) is 2.58. The molecule has 1 aromatic heterocycles. The van der Waals surface area contributed by atoms with Crippen molar-refractivity contribution in [3.05, 3.63) is 41.2 Å². The van der Waals surface area contributed by atoms with E-state index >= 15 is 0 Å². The minimum Gasteiger partial charge on any atom is -0.486 e. The summed E-state index contributed by atoms with van der Waals surface area (Å²) in [7, 11) is 1.93. The number of rotatable bonds is 4. The molecule has 0 spiro atoms. The fourth-order valence-electron chi connectivity index (χ4n) is 2.58. The van der Waals surface area contributed by atoms with Crippen LogP contribution in [0.5, 0.6) is 11.5 Å². The molecule has 0 amide bonds. The Bertz CT molecular complexity index is 639. The smallest absolute Gasteiger partial charge is 0.161 e. The van der Waals surface area contributed by atoms with Crippen LogP contribution in [0.1, 0.15) is 29.9 Å². The molecule has 0 radical (unpaired) electrons. The lowest BCUT2D eigenvalue weighted by molar-refractivity contribution is 0.171. The van der Waals surface area contributed by atoms with E-state index in [1.54, 1.807) is 0 Å². The molecule has 3 N–H and O–H groups in total. The molecule has 0 fully saturated rings. The molecule has 0 bridgehead atoms. The summed E-state index contributed by atoms with van der Waals surface area (Å²) in [6, 6.07) is 7.82. The molecule has 2 heterocycles. The predicted molar refractivity (Wildman–Crippen MR) is 79.2 cm³/mol. The van der Waals surface area contributed by atoms with Gasteiger partial charge >= 0.3 is 0 Å². The molecule has 3 rings (SSSR count). The monoisotopic (exact) mass is 288 g/mol. The molecule has 0 aliphatic carbocycles. The Balaban J connectivity index is 1.97. The second kappa shape index (κ2) is 5.75. The summed E-state index contributed by atoms with van der Waals surface area (Å²) < 4.78 is 13.0. The lowest BCUT2D eigenvalue weighted by Crippen LogP contribution is -2.30. The van der Waals surface area contributed by atoms with Gasteiger partial charge in [-0.05, 0) is 30.2 Å². The van der Waals surface area contributed by atoms with Crippen LogP contribution < -0.4 is 20.7 Å². The van der Waals surface area contributed by atoms with Gasteiger partial charge in [0.1, 0.15) is 13.2 Å². The molecule has 1 aliphatic rings. The third kappa shape index (κ3) is 2.59. The van der Waals surface area contributed by atoms with E-state index in [1.807, 2.05) is 29.9 Å². The quantitative estimate of drug-likeness (QED) is 0.655. The first kappa shape index (κ1) is 13.9. The molecule has 1 atom stereocenters. The molecule has 0 saturated carbocycles. The Hall–Kier alpha value is -2.05. The maximum absolute atomic E-state index is 5.77. The van der Waals surface area contributed by atoms with Crippen LogP contribution in [0.15, 0.2) is 24.3 Å². The highest BCUT2D eigenvalue weighted by molar-refractivity contribution is 5.46. The van der Waals surface area contributed by atoms with E-state index in [0.29, 0.717) is 13.2 Å². The van der Waals surface area contributed by atoms with Crippen molar-refractivity contribution in [2.45, 2.75) is 19.4 Å². The Morgan fingerprint density at radius 3 is 2.71 bits per heavy atom. The number of hydrazine groups is 1. The topological polar surface area (TPSA) is 74.3 Å². The Morgan fingerprint density at radius 1 is 1.29 bits per heavy atom. The highest BCUT2D eigenvalue weighted by Gasteiger charge is 2.20. The lowest BCUT2D eigenvalue weighted by Gasteiger charge is -2.22. The molecule has 1 unspecified atom stereocenters. The number of nitrogens with two attached hydrogens (primary N) is 1. The van der Waals surface area contributed by atoms with Crippen LogP contribution in [0.3, 0.4) is 0 Å². The molecule has 1 aromatic carbocycles. The number of aryl methyl sites for hydroxylation is 2. The van der Waals surface area contributed by atoms with E-state index in [0.717, 1.165) is 34.9 Å². The highest BCUT2D eigenvalue weighted by atomic mass is 16.6. The van der Waals surface area contributed by atoms with Crippen LogP contribution >= 0.6 is 0 Å². The van der Waals surface area contributed by atoms with Gasteiger partial charge in [-0.2, -0.15) is 5.10 Å². The lowest BCUT2D eigenvalue weighted by atomic mass is 10.0. The Morgan fingerprint density at radius 2 is 2.05 bits per heavy atom. The van der Waals surface area contributed by atoms with E-state index < -0.39 is 0 Å². The van der Waals surface area contributed by atoms with Gasteiger partial charge in [-0.15, -0.1) is 0 Å². The second-order valence-electron chi connectivity index (χ2n) is 5.04. The van der Waals surface area contributed by atoms with E-state index in [1.165, 1.54) is 0 Å². The zero-order chi connectivity index (χ0) is 14.8. The van der Waals surface area contributed by atoms with Crippen molar-refractivity contribution in [1.82, 2.24) is 15.2 Å². The molecule has 0 saturated heterocycles. The number of fused-ring (bicyclic) bond motifs is 1. The number of hydrogen-bond donors (Lipinski definition) is 2. The molecule has 2 aromatic rings. The van der Waals surface area contributed by atoms with Crippen LogP contribution in [-0.4, -0.2) is 23.0 Å². The van der Waals surface area contributed by atoms with E-state index in [4.69, 9.17) is 15.3 Å². The number of benzene rings is 1. The number of hydrogen-bond acceptors (Lipinski definition) is 5. The zero-order valence-electron chi connectivity index (χ0n) is 12.3. The van der Waals surface area contributed by atoms with E-state index in [2.05, 4.69) is 23.5 Å². The van der Waals surface area contributed by atoms with Crippen molar-refractivity contribution in [2.24, 2.45) is 12.9 Å². The van der Waals surface area contributed by atoms with Crippen LogP contribution in [0.4, 0.5) is 0 Å². The first-order valence-corrected chi connectivity index (χ1v) is 7.11. The van der Waals surface area contributed by atoms with Gasteiger partial charge in [-0.3, -0.25) is 10.5 Å². The standard InChI is InChI=1S/C15H20N4O2/c1-3-11-9-12(19(2)18-11)15(17-16)10-4-5-13-14(8-10)21-7-6-20-13/h4-5,8-9,15,17H,3,6-7,16H2,1-2H3. The van der Waals surface area contributed by atoms with Crippen LogP contribution in [0.25, 0.3) is 0 Å². The molecular formula is C15H20N4O2. The zero-order valence-corrected chi connectivity index (χ0v) is 12.3. The van der Waals surface area contributed by atoms with Crippen LogP contribution in [0.2, 0.25) is 0 Å². The molecule has 6 nitrogen and oxygen atoms in total. The largest absolute Gasteiger partial charge is 0.486 e. The summed E-state index contributed by atoms with van der Waals surface area (Å²) in [5, 5.41) is 4.48. The van der Waals surface area contributed by atoms with E-state index in [9.17, 15) is 0 Å². The third-order valence-electron chi connectivity index (χ3n) is 3.69. The molecule has 21 heavy (non-hydrogen) atoms. The number of nitrogens with zero attached hydrogens (tertiary/aromatic N) is 2. The summed E-state index contributed by atoms with van der Waals surface area (Å²) in [5.41, 5.74) is 5.95. The van der Waals surface area contributed by atoms with Gasteiger partial charge in [-0.1, -0.05) is 13.0 Å². The molecule has 6 heteroatoms. The van der Waals surface area contributed by atoms with Gasteiger partial charge in [-0.25, -0.2) is 5.43 Å². The van der Waals surface area contributed by atoms with Crippen LogP contribution in [0, 0.1) is 0 Å². The van der Waals surface area contributed by atoms with Crippen molar-refractivity contribution >= 4 is 0 Å². The number of nitrogens with one attached hydrogen (secondary N) is 1. The summed E-state index contributed by atoms with van der Waals surface area (Å²) in [5.74, 6) is 7.31. The van der Waals surface area contributed by atoms with Crippen molar-refractivity contribution < 1.29 is 9.47 Å². The summed E-state index contributed by atoms with van der Waals surface area (Å²) in [6.45, 7) is 3.25. The van der Waals surface area contributed by atoms with Crippen molar-refractivity contribution in [3.8, 4) is 11.5 Å². The third-order valence-corrected chi connectivity index (χ3v) is 3.69. The normalized spacial score (nSPS) is 15.0. The van der Waals surface area contributed by atoms with Crippen molar-refractivity contribution in [2.75, 3.05) is 13.2 Å². The second-order valence-corrected chi connectivity index (χ2v) is 5.04. The first-order valence-electron chi connectivity index (χ1n) is 7.11. The number of ether oxygens (including phenoxy) is 2. The highest BCUT2D eigenvalue weighted by Crippen LogP contribution is 2.34. The van der Waals surface area contributed by atoms with Crippen molar-refractivity contribution in [3.63, 3.8) is 0 Å². The van der Waals surface area contributed by atoms with Gasteiger partial charge in [0.05, 0.1) is 17.4 Å². The fraction of sp³-hybridized carbons (Fsp3) is 0.400. The summed E-state index contributed by atoms with van der Waals surface area (Å²) >= 11 is 0. The molecule has 1 aliphatic heterocycles. The maximum Gasteiger partial charge on any atom is 0.161 e. The summed E-state index contributed by atoms with van der Waals surface area (Å²) in [6.07, 6.45) is 0.895. The maximum atomic E-state index is 5.77. The SMILES string of the molecule is CCc1cc(C(NN)c2ccc3c(c2)OCCO3)n(C)n1. The van der Waals surface area contributed by atoms with Gasteiger partial charge < -0.3 is 9.47 Å². The van der Waals surface area contributed by atoms with Gasteiger partial charge in [0.2, 0.25) is 0 Å². The Kier molecular flexibility index (Phi) is 3.81. The average molecular weight is 288 g/mol. The van der Waals surface area contributed by atoms with E-state index in [-0.39, 0.29) is 6.04 Å². The minimum absolute atomic E-state index is 0.140. The average Bonchev–Trinajstić information content (AvgIpc) is 2.89. The van der Waals surface area contributed by atoms with Crippen molar-refractivity contribution in [1.29, 1.82) is 0 Å². The molecule has 112 valence electrons.